The summed E-state index contributed by atoms with van der Waals surface area (Å²) in [5.74, 6) is 0.654. The third kappa shape index (κ3) is 5.22. The maximum atomic E-state index is 12.1. The van der Waals surface area contributed by atoms with Crippen molar-refractivity contribution in [2.24, 2.45) is 5.92 Å². The highest BCUT2D eigenvalue weighted by Crippen LogP contribution is 2.16. The molecule has 0 atom stereocenters. The van der Waals surface area contributed by atoms with E-state index in [1.54, 1.807) is 24.3 Å². The lowest BCUT2D eigenvalue weighted by Gasteiger charge is -2.21. The Balaban J connectivity index is 1.55. The third-order valence-corrected chi connectivity index (χ3v) is 4.51. The molecule has 2 aromatic rings. The van der Waals surface area contributed by atoms with Gasteiger partial charge in [0.2, 0.25) is 0 Å². The van der Waals surface area contributed by atoms with E-state index in [0.717, 1.165) is 38.3 Å². The maximum absolute atomic E-state index is 12.1. The Morgan fingerprint density at radius 1 is 1.31 bits per heavy atom. The molecule has 6 nitrogen and oxygen atoms in total. The van der Waals surface area contributed by atoms with Crippen molar-refractivity contribution in [3.8, 4) is 0 Å². The standard InChI is InChI=1S/C19H26ClN5O/c1-14(2)12-24-7-4-8-25-18(13-24)10-17(23-25)11-21-19(26)22-16-6-3-5-15(20)9-16/h3,5-6,9-10,14H,4,7-8,11-13H2,1-2H3,(H2,21,22,26). The fourth-order valence-electron chi connectivity index (χ4n) is 3.26. The zero-order valence-electron chi connectivity index (χ0n) is 15.3. The molecule has 2 amide bonds. The average molecular weight is 376 g/mol. The van der Waals surface area contributed by atoms with Gasteiger partial charge in [0.25, 0.3) is 0 Å². The van der Waals surface area contributed by atoms with Crippen molar-refractivity contribution in [1.82, 2.24) is 20.0 Å². The van der Waals surface area contributed by atoms with Crippen molar-refractivity contribution in [3.63, 3.8) is 0 Å². The number of urea groups is 1. The first-order valence-corrected chi connectivity index (χ1v) is 9.46. The van der Waals surface area contributed by atoms with Gasteiger partial charge in [-0.2, -0.15) is 5.10 Å². The van der Waals surface area contributed by atoms with Gasteiger partial charge >= 0.3 is 6.03 Å². The molecule has 0 aliphatic carbocycles. The summed E-state index contributed by atoms with van der Waals surface area (Å²) in [5.41, 5.74) is 2.77. The lowest BCUT2D eigenvalue weighted by atomic mass is 10.2. The first kappa shape index (κ1) is 18.7. The van der Waals surface area contributed by atoms with Gasteiger partial charge < -0.3 is 10.6 Å². The SMILES string of the molecule is CC(C)CN1CCCn2nc(CNC(=O)Nc3cccc(Cl)c3)cc2C1. The first-order chi connectivity index (χ1) is 12.5. The zero-order valence-corrected chi connectivity index (χ0v) is 16.1. The molecule has 3 rings (SSSR count). The monoisotopic (exact) mass is 375 g/mol. The minimum absolute atomic E-state index is 0.267. The lowest BCUT2D eigenvalue weighted by molar-refractivity contribution is 0.239. The quantitative estimate of drug-likeness (QED) is 0.837. The Morgan fingerprint density at radius 3 is 2.92 bits per heavy atom. The van der Waals surface area contributed by atoms with Crippen molar-refractivity contribution < 1.29 is 4.79 Å². The number of fused-ring (bicyclic) bond motifs is 1. The Morgan fingerprint density at radius 2 is 2.15 bits per heavy atom. The van der Waals surface area contributed by atoms with E-state index in [4.69, 9.17) is 11.6 Å². The summed E-state index contributed by atoms with van der Waals surface area (Å²) in [6.07, 6.45) is 1.10. The second-order valence-corrected chi connectivity index (χ2v) is 7.59. The summed E-state index contributed by atoms with van der Waals surface area (Å²) in [5, 5.41) is 10.9. The average Bonchev–Trinajstić information content (AvgIpc) is 2.85. The molecule has 0 fully saturated rings. The number of hydrogen-bond acceptors (Lipinski definition) is 3. The second kappa shape index (κ2) is 8.56. The molecule has 140 valence electrons. The number of amides is 2. The van der Waals surface area contributed by atoms with Gasteiger partial charge in [-0.25, -0.2) is 4.79 Å². The van der Waals surface area contributed by atoms with Gasteiger partial charge in [-0.3, -0.25) is 9.58 Å². The molecular formula is C19H26ClN5O. The largest absolute Gasteiger partial charge is 0.332 e. The summed E-state index contributed by atoms with van der Waals surface area (Å²) in [7, 11) is 0. The molecule has 0 saturated carbocycles. The van der Waals surface area contributed by atoms with Gasteiger partial charge in [0.1, 0.15) is 0 Å². The van der Waals surface area contributed by atoms with E-state index < -0.39 is 0 Å². The molecule has 1 aliphatic rings. The van der Waals surface area contributed by atoms with Gasteiger partial charge in [-0.15, -0.1) is 0 Å². The lowest BCUT2D eigenvalue weighted by Crippen LogP contribution is -2.28. The number of hydrogen-bond donors (Lipinski definition) is 2. The molecule has 26 heavy (non-hydrogen) atoms. The van der Waals surface area contributed by atoms with E-state index in [1.807, 2.05) is 0 Å². The molecule has 1 aliphatic heterocycles. The molecule has 2 heterocycles. The fraction of sp³-hybridized carbons (Fsp3) is 0.474. The Kier molecular flexibility index (Phi) is 6.16. The first-order valence-electron chi connectivity index (χ1n) is 9.08. The Labute approximate surface area is 159 Å². The van der Waals surface area contributed by atoms with Crippen molar-refractivity contribution in [2.75, 3.05) is 18.4 Å². The van der Waals surface area contributed by atoms with E-state index in [-0.39, 0.29) is 6.03 Å². The molecule has 1 aromatic heterocycles. The van der Waals surface area contributed by atoms with Crippen LogP contribution in [0.15, 0.2) is 30.3 Å². The number of anilines is 1. The summed E-state index contributed by atoms with van der Waals surface area (Å²) in [6.45, 7) is 8.94. The molecule has 0 spiro atoms. The smallest absolute Gasteiger partial charge is 0.319 e. The van der Waals surface area contributed by atoms with Crippen LogP contribution in [-0.2, 0) is 19.6 Å². The van der Waals surface area contributed by atoms with Gasteiger partial charge in [-0.1, -0.05) is 31.5 Å². The third-order valence-electron chi connectivity index (χ3n) is 4.28. The van der Waals surface area contributed by atoms with Crippen LogP contribution in [0.1, 0.15) is 31.7 Å². The Hall–Kier alpha value is -2.05. The van der Waals surface area contributed by atoms with E-state index in [1.165, 1.54) is 5.69 Å². The summed E-state index contributed by atoms with van der Waals surface area (Å²) in [6, 6.07) is 8.91. The number of nitrogens with zero attached hydrogens (tertiary/aromatic N) is 3. The number of halogens is 1. The molecule has 0 saturated heterocycles. The predicted octanol–water partition coefficient (Wildman–Crippen LogP) is 3.72. The summed E-state index contributed by atoms with van der Waals surface area (Å²) < 4.78 is 2.08. The molecule has 2 N–H and O–H groups in total. The predicted molar refractivity (Wildman–Crippen MR) is 104 cm³/mol. The highest BCUT2D eigenvalue weighted by atomic mass is 35.5. The molecule has 0 bridgehead atoms. The topological polar surface area (TPSA) is 62.2 Å². The molecule has 0 unspecified atom stereocenters. The Bertz CT molecular complexity index is 758. The van der Waals surface area contributed by atoms with Crippen LogP contribution in [-0.4, -0.2) is 33.8 Å². The fourth-order valence-corrected chi connectivity index (χ4v) is 3.45. The number of rotatable bonds is 5. The minimum Gasteiger partial charge on any atom is -0.332 e. The van der Waals surface area contributed by atoms with Crippen molar-refractivity contribution >= 4 is 23.3 Å². The van der Waals surface area contributed by atoms with Crippen LogP contribution < -0.4 is 10.6 Å². The van der Waals surface area contributed by atoms with Crippen LogP contribution in [0.3, 0.4) is 0 Å². The molecule has 0 radical (unpaired) electrons. The summed E-state index contributed by atoms with van der Waals surface area (Å²) in [4.78, 5) is 14.5. The van der Waals surface area contributed by atoms with Gasteiger partial charge in [0, 0.05) is 36.9 Å². The normalized spacial score (nSPS) is 14.8. The van der Waals surface area contributed by atoms with Crippen LogP contribution in [0, 0.1) is 5.92 Å². The highest BCUT2D eigenvalue weighted by molar-refractivity contribution is 6.30. The highest BCUT2D eigenvalue weighted by Gasteiger charge is 2.17. The van der Waals surface area contributed by atoms with E-state index in [9.17, 15) is 4.79 Å². The van der Waals surface area contributed by atoms with Gasteiger partial charge in [0.15, 0.2) is 0 Å². The van der Waals surface area contributed by atoms with Gasteiger partial charge in [0.05, 0.1) is 17.9 Å². The summed E-state index contributed by atoms with van der Waals surface area (Å²) >= 11 is 5.93. The maximum Gasteiger partial charge on any atom is 0.319 e. The molecular weight excluding hydrogens is 350 g/mol. The molecule has 1 aromatic carbocycles. The van der Waals surface area contributed by atoms with Crippen LogP contribution in [0.4, 0.5) is 10.5 Å². The zero-order chi connectivity index (χ0) is 18.5. The van der Waals surface area contributed by atoms with E-state index >= 15 is 0 Å². The van der Waals surface area contributed by atoms with Crippen LogP contribution in [0.2, 0.25) is 5.02 Å². The number of carbonyl (C=O) groups is 1. The van der Waals surface area contributed by atoms with Crippen molar-refractivity contribution in [3.05, 3.63) is 46.7 Å². The molecule has 7 heteroatoms. The van der Waals surface area contributed by atoms with Crippen molar-refractivity contribution in [1.29, 1.82) is 0 Å². The van der Waals surface area contributed by atoms with Crippen LogP contribution >= 0.6 is 11.6 Å². The second-order valence-electron chi connectivity index (χ2n) is 7.15. The minimum atomic E-state index is -0.267. The van der Waals surface area contributed by atoms with Gasteiger partial charge in [-0.05, 0) is 36.6 Å². The number of carbonyl (C=O) groups excluding carboxylic acids is 1. The van der Waals surface area contributed by atoms with Crippen LogP contribution in [0.25, 0.3) is 0 Å². The number of aryl methyl sites for hydroxylation is 1. The van der Waals surface area contributed by atoms with Crippen LogP contribution in [0.5, 0.6) is 0 Å². The number of benzene rings is 1. The number of aromatic nitrogens is 2. The van der Waals surface area contributed by atoms with E-state index in [2.05, 4.69) is 45.2 Å². The number of nitrogens with one attached hydrogen (secondary N) is 2. The van der Waals surface area contributed by atoms with E-state index in [0.29, 0.717) is 23.2 Å². The van der Waals surface area contributed by atoms with Crippen molar-refractivity contribution in [2.45, 2.75) is 39.9 Å².